The number of benzene rings is 1. The fourth-order valence-electron chi connectivity index (χ4n) is 1.68. The molecular weight excluding hydrogens is 210 g/mol. The highest BCUT2D eigenvalue weighted by Crippen LogP contribution is 2.21. The maximum Gasteiger partial charge on any atom is 0.262 e. The van der Waals surface area contributed by atoms with Crippen LogP contribution in [0.25, 0.3) is 0 Å². The van der Waals surface area contributed by atoms with Crippen LogP contribution in [0.3, 0.4) is 0 Å². The summed E-state index contributed by atoms with van der Waals surface area (Å²) in [7, 11) is 0. The van der Waals surface area contributed by atoms with Gasteiger partial charge in [0, 0.05) is 6.54 Å². The summed E-state index contributed by atoms with van der Waals surface area (Å²) in [5, 5.41) is 3.08. The predicted molar refractivity (Wildman–Crippen MR) is 60.7 cm³/mol. The number of amides is 1. The number of halogens is 1. The minimum absolute atomic E-state index is 0.145. The van der Waals surface area contributed by atoms with Crippen LogP contribution in [-0.4, -0.2) is 12.5 Å². The fourth-order valence-corrected chi connectivity index (χ4v) is 1.91. The Morgan fingerprint density at radius 2 is 2.00 bits per heavy atom. The zero-order valence-electron chi connectivity index (χ0n) is 8.29. The minimum Gasteiger partial charge on any atom is -0.351 e. The second kappa shape index (κ2) is 4.49. The molecule has 1 aliphatic heterocycles. The minimum atomic E-state index is -0.145. The predicted octanol–water partition coefficient (Wildman–Crippen LogP) is 2.24. The third kappa shape index (κ3) is 2.39. The van der Waals surface area contributed by atoms with E-state index >= 15 is 0 Å². The van der Waals surface area contributed by atoms with Gasteiger partial charge >= 0.3 is 0 Å². The fraction of sp³-hybridized carbons (Fsp3) is 0.250. The lowest BCUT2D eigenvalue weighted by Crippen LogP contribution is -2.30. The van der Waals surface area contributed by atoms with E-state index < -0.39 is 0 Å². The average molecular weight is 222 g/mol. The normalized spacial score (nSPS) is 16.5. The molecule has 2 rings (SSSR count). The highest BCUT2D eigenvalue weighted by molar-refractivity contribution is 6.42. The van der Waals surface area contributed by atoms with Gasteiger partial charge < -0.3 is 5.32 Å². The molecule has 0 atom stereocenters. The summed E-state index contributed by atoms with van der Waals surface area (Å²) in [6.07, 6.45) is 1.62. The van der Waals surface area contributed by atoms with Gasteiger partial charge in [-0.2, -0.15) is 0 Å². The van der Waals surface area contributed by atoms with Crippen LogP contribution in [0, 0.1) is 0 Å². The molecule has 1 amide bonds. The number of hydrogen-bond acceptors (Lipinski definition) is 1. The Hall–Kier alpha value is -1.28. The van der Waals surface area contributed by atoms with Gasteiger partial charge in [-0.25, -0.2) is 0 Å². The van der Waals surface area contributed by atoms with E-state index in [1.807, 2.05) is 30.3 Å². The standard InChI is InChI=1S/C12H12ClNO/c13-11-10(6-7-14-12(11)15)8-9-4-2-1-3-5-9/h1-5H,6-8H2,(H,14,15). The molecule has 0 aromatic heterocycles. The quantitative estimate of drug-likeness (QED) is 0.816. The first kappa shape index (κ1) is 10.2. The second-order valence-electron chi connectivity index (χ2n) is 3.59. The van der Waals surface area contributed by atoms with Gasteiger partial charge in [0.25, 0.3) is 5.91 Å². The van der Waals surface area contributed by atoms with Crippen LogP contribution in [-0.2, 0) is 11.2 Å². The van der Waals surface area contributed by atoms with Gasteiger partial charge in [-0.3, -0.25) is 4.79 Å². The first-order chi connectivity index (χ1) is 7.27. The van der Waals surface area contributed by atoms with Crippen LogP contribution < -0.4 is 5.32 Å². The number of rotatable bonds is 2. The van der Waals surface area contributed by atoms with Crippen LogP contribution in [0.1, 0.15) is 12.0 Å². The number of hydrogen-bond donors (Lipinski definition) is 1. The van der Waals surface area contributed by atoms with E-state index in [4.69, 9.17) is 11.6 Å². The van der Waals surface area contributed by atoms with Crippen molar-refractivity contribution in [3.05, 3.63) is 46.5 Å². The molecule has 15 heavy (non-hydrogen) atoms. The number of nitrogens with one attached hydrogen (secondary N) is 1. The maximum absolute atomic E-state index is 11.3. The molecule has 0 saturated carbocycles. The molecule has 0 bridgehead atoms. The summed E-state index contributed by atoms with van der Waals surface area (Å²) in [5.74, 6) is -0.145. The van der Waals surface area contributed by atoms with E-state index in [0.717, 1.165) is 18.4 Å². The van der Waals surface area contributed by atoms with E-state index in [2.05, 4.69) is 5.32 Å². The Kier molecular flexibility index (Phi) is 3.07. The molecule has 1 N–H and O–H groups in total. The zero-order valence-corrected chi connectivity index (χ0v) is 9.05. The van der Waals surface area contributed by atoms with Gasteiger partial charge in [-0.1, -0.05) is 41.9 Å². The Morgan fingerprint density at radius 1 is 1.27 bits per heavy atom. The molecule has 1 aromatic carbocycles. The van der Waals surface area contributed by atoms with Gasteiger partial charge in [0.15, 0.2) is 0 Å². The Morgan fingerprint density at radius 3 is 2.73 bits per heavy atom. The van der Waals surface area contributed by atoms with Crippen molar-refractivity contribution in [1.82, 2.24) is 5.32 Å². The SMILES string of the molecule is O=C1NCCC(Cc2ccccc2)=C1Cl. The third-order valence-corrected chi connectivity index (χ3v) is 2.92. The first-order valence-corrected chi connectivity index (χ1v) is 5.35. The average Bonchev–Trinajstić information content (AvgIpc) is 2.26. The third-order valence-electron chi connectivity index (χ3n) is 2.48. The van der Waals surface area contributed by atoms with E-state index in [-0.39, 0.29) is 5.91 Å². The van der Waals surface area contributed by atoms with Gasteiger partial charge in [-0.15, -0.1) is 0 Å². The van der Waals surface area contributed by atoms with Crippen LogP contribution in [0.5, 0.6) is 0 Å². The van der Waals surface area contributed by atoms with Gasteiger partial charge in [0.05, 0.1) is 0 Å². The van der Waals surface area contributed by atoms with E-state index in [9.17, 15) is 4.79 Å². The summed E-state index contributed by atoms with van der Waals surface area (Å²) in [6.45, 7) is 0.692. The molecule has 0 fully saturated rings. The molecule has 0 aliphatic carbocycles. The molecule has 78 valence electrons. The molecule has 1 heterocycles. The largest absolute Gasteiger partial charge is 0.351 e. The lowest BCUT2D eigenvalue weighted by atomic mass is 10.00. The van der Waals surface area contributed by atoms with Gasteiger partial charge in [0.2, 0.25) is 0 Å². The van der Waals surface area contributed by atoms with Crippen molar-refractivity contribution >= 4 is 17.5 Å². The molecule has 0 saturated heterocycles. The molecule has 1 aromatic rings. The van der Waals surface area contributed by atoms with Gasteiger partial charge in [0.1, 0.15) is 5.03 Å². The highest BCUT2D eigenvalue weighted by atomic mass is 35.5. The number of carbonyl (C=O) groups is 1. The van der Waals surface area contributed by atoms with Crippen molar-refractivity contribution < 1.29 is 4.79 Å². The Labute approximate surface area is 93.9 Å². The van der Waals surface area contributed by atoms with Crippen molar-refractivity contribution in [2.45, 2.75) is 12.8 Å². The molecule has 0 spiro atoms. The van der Waals surface area contributed by atoms with E-state index in [0.29, 0.717) is 11.6 Å². The van der Waals surface area contributed by atoms with Crippen molar-refractivity contribution in [1.29, 1.82) is 0 Å². The van der Waals surface area contributed by atoms with Gasteiger partial charge in [-0.05, 0) is 24.0 Å². The summed E-state index contributed by atoms with van der Waals surface area (Å²) in [5.41, 5.74) is 2.23. The second-order valence-corrected chi connectivity index (χ2v) is 3.96. The first-order valence-electron chi connectivity index (χ1n) is 4.97. The van der Waals surface area contributed by atoms with E-state index in [1.165, 1.54) is 5.56 Å². The molecule has 0 radical (unpaired) electrons. The Balaban J connectivity index is 2.18. The lowest BCUT2D eigenvalue weighted by Gasteiger charge is -2.16. The maximum atomic E-state index is 11.3. The zero-order chi connectivity index (χ0) is 10.7. The molecule has 0 unspecified atom stereocenters. The summed E-state index contributed by atoms with van der Waals surface area (Å²) in [4.78, 5) is 11.3. The Bertz CT molecular complexity index is 397. The number of carbonyl (C=O) groups excluding carboxylic acids is 1. The summed E-state index contributed by atoms with van der Waals surface area (Å²) >= 11 is 5.95. The summed E-state index contributed by atoms with van der Waals surface area (Å²) in [6, 6.07) is 10.1. The lowest BCUT2D eigenvalue weighted by molar-refractivity contribution is -0.117. The van der Waals surface area contributed by atoms with Crippen LogP contribution in [0.15, 0.2) is 40.9 Å². The van der Waals surface area contributed by atoms with Crippen LogP contribution in [0.4, 0.5) is 0 Å². The van der Waals surface area contributed by atoms with Crippen molar-refractivity contribution in [3.63, 3.8) is 0 Å². The monoisotopic (exact) mass is 221 g/mol. The smallest absolute Gasteiger partial charge is 0.262 e. The molecular formula is C12H12ClNO. The topological polar surface area (TPSA) is 29.1 Å². The molecule has 2 nitrogen and oxygen atoms in total. The van der Waals surface area contributed by atoms with Crippen LogP contribution >= 0.6 is 11.6 Å². The molecule has 3 heteroatoms. The highest BCUT2D eigenvalue weighted by Gasteiger charge is 2.17. The van der Waals surface area contributed by atoms with E-state index in [1.54, 1.807) is 0 Å². The van der Waals surface area contributed by atoms with Crippen molar-refractivity contribution in [2.75, 3.05) is 6.54 Å². The van der Waals surface area contributed by atoms with Crippen molar-refractivity contribution in [3.8, 4) is 0 Å². The van der Waals surface area contributed by atoms with Crippen molar-refractivity contribution in [2.24, 2.45) is 0 Å². The molecule has 1 aliphatic rings. The van der Waals surface area contributed by atoms with Crippen LogP contribution in [0.2, 0.25) is 0 Å². The summed E-state index contributed by atoms with van der Waals surface area (Å²) < 4.78 is 0.